The van der Waals surface area contributed by atoms with Crippen molar-refractivity contribution in [3.05, 3.63) is 64.1 Å². The van der Waals surface area contributed by atoms with Gasteiger partial charge >= 0.3 is 11.7 Å². The van der Waals surface area contributed by atoms with Gasteiger partial charge in [0.15, 0.2) is 5.58 Å². The summed E-state index contributed by atoms with van der Waals surface area (Å²) in [5.41, 5.74) is 1.61. The Morgan fingerprint density at radius 1 is 1.06 bits per heavy atom. The smallest absolute Gasteiger partial charge is 0.420 e. The van der Waals surface area contributed by atoms with Crippen LogP contribution in [0.4, 0.5) is 0 Å². The summed E-state index contributed by atoms with van der Waals surface area (Å²) >= 11 is 0. The molecule has 1 amide bonds. The Labute approximate surface area is 208 Å². The van der Waals surface area contributed by atoms with E-state index in [2.05, 4.69) is 4.90 Å². The molecule has 2 aliphatic rings. The van der Waals surface area contributed by atoms with E-state index in [1.807, 2.05) is 0 Å². The maximum Gasteiger partial charge on any atom is 0.420 e. The molecule has 10 nitrogen and oxygen atoms in total. The van der Waals surface area contributed by atoms with E-state index in [9.17, 15) is 22.8 Å². The Balaban J connectivity index is 1.16. The highest BCUT2D eigenvalue weighted by molar-refractivity contribution is 7.90. The Bertz CT molecular complexity index is 1480. The molecule has 2 aromatic carbocycles. The lowest BCUT2D eigenvalue weighted by Gasteiger charge is -2.32. The molecule has 5 rings (SSSR count). The second-order valence-electron chi connectivity index (χ2n) is 9.07. The van der Waals surface area contributed by atoms with Gasteiger partial charge in [-0.25, -0.2) is 22.3 Å². The number of hydrogen-bond donors (Lipinski definition) is 0. The van der Waals surface area contributed by atoms with Crippen molar-refractivity contribution < 1.29 is 27.2 Å². The summed E-state index contributed by atoms with van der Waals surface area (Å²) < 4.78 is 38.1. The SMILES string of the molecule is COC(=O)c1ccc2oc(=O)n(C3CCN(CCCCN4C(=O)c5ccccc5S4(=O)=O)CC3)c2c1. The fourth-order valence-corrected chi connectivity index (χ4v) is 6.68. The molecular formula is C25H27N3O7S. The van der Waals surface area contributed by atoms with Gasteiger partial charge in [-0.3, -0.25) is 9.36 Å². The highest BCUT2D eigenvalue weighted by atomic mass is 32.2. The Morgan fingerprint density at radius 3 is 2.50 bits per heavy atom. The summed E-state index contributed by atoms with van der Waals surface area (Å²) in [6, 6.07) is 11.1. The van der Waals surface area contributed by atoms with Crippen LogP contribution in [0.3, 0.4) is 0 Å². The Kier molecular flexibility index (Phi) is 6.44. The van der Waals surface area contributed by atoms with Gasteiger partial charge in [0.25, 0.3) is 15.9 Å². The van der Waals surface area contributed by atoms with Crippen LogP contribution in [0.15, 0.2) is 56.6 Å². The van der Waals surface area contributed by atoms with Crippen molar-refractivity contribution in [3.63, 3.8) is 0 Å². The maximum atomic E-state index is 12.7. The van der Waals surface area contributed by atoms with Crippen LogP contribution in [-0.2, 0) is 14.8 Å². The second kappa shape index (κ2) is 9.55. The van der Waals surface area contributed by atoms with E-state index in [-0.39, 0.29) is 23.0 Å². The maximum absolute atomic E-state index is 12.7. The quantitative estimate of drug-likeness (QED) is 0.349. The first kappa shape index (κ1) is 24.3. The van der Waals surface area contributed by atoms with E-state index < -0.39 is 27.7 Å². The largest absolute Gasteiger partial charge is 0.465 e. The van der Waals surface area contributed by atoms with Gasteiger partial charge in [0.05, 0.1) is 23.8 Å². The molecule has 0 N–H and O–H groups in total. The third-order valence-electron chi connectivity index (χ3n) is 6.95. The van der Waals surface area contributed by atoms with Crippen molar-refractivity contribution in [2.75, 3.05) is 33.3 Å². The summed E-state index contributed by atoms with van der Waals surface area (Å²) in [5, 5.41) is 0. The number of amides is 1. The molecule has 0 unspecified atom stereocenters. The zero-order chi connectivity index (χ0) is 25.4. The van der Waals surface area contributed by atoms with Gasteiger partial charge in [0.1, 0.15) is 4.90 Å². The molecular weight excluding hydrogens is 486 g/mol. The Morgan fingerprint density at radius 2 is 1.78 bits per heavy atom. The third-order valence-corrected chi connectivity index (χ3v) is 8.79. The molecule has 3 heterocycles. The number of rotatable bonds is 7. The molecule has 0 saturated carbocycles. The summed E-state index contributed by atoms with van der Waals surface area (Å²) in [6.07, 6.45) is 2.80. The van der Waals surface area contributed by atoms with Crippen molar-refractivity contribution in [3.8, 4) is 0 Å². The van der Waals surface area contributed by atoms with Crippen molar-refractivity contribution >= 4 is 33.0 Å². The summed E-state index contributed by atoms with van der Waals surface area (Å²) in [7, 11) is -2.45. The van der Waals surface area contributed by atoms with E-state index in [1.165, 1.54) is 13.2 Å². The highest BCUT2D eigenvalue weighted by Gasteiger charge is 2.40. The molecule has 0 radical (unpaired) electrons. The van der Waals surface area contributed by atoms with Crippen LogP contribution in [-0.4, -0.2) is 67.4 Å². The highest BCUT2D eigenvalue weighted by Crippen LogP contribution is 2.30. The number of piperidine rings is 1. The minimum Gasteiger partial charge on any atom is -0.465 e. The van der Waals surface area contributed by atoms with Crippen LogP contribution in [0, 0.1) is 0 Å². The van der Waals surface area contributed by atoms with Gasteiger partial charge in [-0.15, -0.1) is 0 Å². The molecule has 1 saturated heterocycles. The first-order chi connectivity index (χ1) is 17.3. The predicted octanol–water partition coefficient (Wildman–Crippen LogP) is 2.64. The summed E-state index contributed by atoms with van der Waals surface area (Å²) in [6.45, 7) is 2.47. The Hall–Kier alpha value is -3.44. The van der Waals surface area contributed by atoms with E-state index in [0.717, 1.165) is 43.2 Å². The monoisotopic (exact) mass is 513 g/mol. The minimum absolute atomic E-state index is 0.0474. The summed E-state index contributed by atoms with van der Waals surface area (Å²) in [4.78, 5) is 39.4. The molecule has 0 bridgehead atoms. The standard InChI is InChI=1S/C25H27N3O7S/c1-34-24(30)17-8-9-21-20(16-17)28(25(31)35-21)18-10-14-26(15-11-18)12-4-5-13-27-23(29)19-6-2-3-7-22(19)36(27,32)33/h2-3,6-9,16,18H,4-5,10-15H2,1H3. The van der Waals surface area contributed by atoms with Crippen molar-refractivity contribution in [2.45, 2.75) is 36.6 Å². The minimum atomic E-state index is -3.77. The van der Waals surface area contributed by atoms with Crippen LogP contribution in [0.5, 0.6) is 0 Å². The van der Waals surface area contributed by atoms with E-state index in [4.69, 9.17) is 9.15 Å². The number of likely N-dealkylation sites (tertiary alicyclic amines) is 1. The fourth-order valence-electron chi connectivity index (χ4n) is 5.07. The first-order valence-corrected chi connectivity index (χ1v) is 13.4. The number of fused-ring (bicyclic) bond motifs is 2. The van der Waals surface area contributed by atoms with Crippen molar-refractivity contribution in [1.82, 2.24) is 13.8 Å². The van der Waals surface area contributed by atoms with Crippen LogP contribution < -0.4 is 5.76 Å². The molecule has 190 valence electrons. The average molecular weight is 514 g/mol. The number of oxazole rings is 1. The summed E-state index contributed by atoms with van der Waals surface area (Å²) in [5.74, 6) is -1.37. The molecule has 3 aromatic rings. The van der Waals surface area contributed by atoms with E-state index in [0.29, 0.717) is 23.1 Å². The number of nitrogens with zero attached hydrogens (tertiary/aromatic N) is 3. The number of carbonyl (C=O) groups is 2. The number of hydrogen-bond acceptors (Lipinski definition) is 8. The zero-order valence-corrected chi connectivity index (χ0v) is 20.7. The third kappa shape index (κ3) is 4.22. The number of carbonyl (C=O) groups excluding carboxylic acids is 2. The van der Waals surface area contributed by atoms with Crippen LogP contribution in [0.1, 0.15) is 52.4 Å². The van der Waals surface area contributed by atoms with Gasteiger partial charge in [0, 0.05) is 25.7 Å². The molecule has 1 aromatic heterocycles. The number of benzene rings is 2. The fraction of sp³-hybridized carbons (Fsp3) is 0.400. The molecule has 11 heteroatoms. The van der Waals surface area contributed by atoms with Gasteiger partial charge in [-0.05, 0) is 62.6 Å². The molecule has 1 fully saturated rings. The van der Waals surface area contributed by atoms with Crippen LogP contribution in [0.2, 0.25) is 0 Å². The first-order valence-electron chi connectivity index (χ1n) is 11.9. The number of esters is 1. The van der Waals surface area contributed by atoms with Gasteiger partial charge in [-0.1, -0.05) is 12.1 Å². The average Bonchev–Trinajstić information content (AvgIpc) is 3.31. The lowest BCUT2D eigenvalue weighted by molar-refractivity contribution is 0.0600. The molecule has 0 atom stereocenters. The van der Waals surface area contributed by atoms with E-state index >= 15 is 0 Å². The van der Waals surface area contributed by atoms with Crippen LogP contribution in [0.25, 0.3) is 11.1 Å². The molecule has 0 aliphatic carbocycles. The normalized spacial score (nSPS) is 18.0. The lowest BCUT2D eigenvalue weighted by atomic mass is 10.0. The second-order valence-corrected chi connectivity index (χ2v) is 10.9. The van der Waals surface area contributed by atoms with Gasteiger partial charge in [0.2, 0.25) is 0 Å². The van der Waals surface area contributed by atoms with Crippen molar-refractivity contribution in [1.29, 1.82) is 0 Å². The number of aromatic nitrogens is 1. The number of methoxy groups -OCH3 is 1. The zero-order valence-electron chi connectivity index (χ0n) is 19.9. The molecule has 36 heavy (non-hydrogen) atoms. The number of ether oxygens (including phenoxy) is 1. The number of sulfonamides is 1. The lowest BCUT2D eigenvalue weighted by Crippen LogP contribution is -2.37. The number of unbranched alkanes of at least 4 members (excludes halogenated alkanes) is 1. The predicted molar refractivity (Wildman–Crippen MR) is 130 cm³/mol. The molecule has 0 spiro atoms. The molecule has 2 aliphatic heterocycles. The van der Waals surface area contributed by atoms with E-state index in [1.54, 1.807) is 41.0 Å². The van der Waals surface area contributed by atoms with Crippen molar-refractivity contribution in [2.24, 2.45) is 0 Å². The van der Waals surface area contributed by atoms with Crippen LogP contribution >= 0.6 is 0 Å². The van der Waals surface area contributed by atoms with Gasteiger partial charge in [-0.2, -0.15) is 0 Å². The van der Waals surface area contributed by atoms with Gasteiger partial charge < -0.3 is 14.1 Å². The topological polar surface area (TPSA) is 119 Å².